The van der Waals surface area contributed by atoms with Crippen LogP contribution in [0.25, 0.3) is 11.0 Å². The van der Waals surface area contributed by atoms with E-state index in [4.69, 9.17) is 28.6 Å². The second kappa shape index (κ2) is 4.68. The number of nitrogens with one attached hydrogen (secondary N) is 1. The van der Waals surface area contributed by atoms with Crippen molar-refractivity contribution >= 4 is 34.9 Å². The first-order valence-corrected chi connectivity index (χ1v) is 6.93. The molecular formula is C13H15ClN2OS. The van der Waals surface area contributed by atoms with Gasteiger partial charge in [-0.2, -0.15) is 0 Å². The largest absolute Gasteiger partial charge is 0.378 e. The molecular weight excluding hydrogens is 268 g/mol. The van der Waals surface area contributed by atoms with Crippen LogP contribution in [0.1, 0.15) is 13.3 Å². The first kappa shape index (κ1) is 12.2. The number of benzene rings is 1. The molecule has 1 fully saturated rings. The van der Waals surface area contributed by atoms with E-state index >= 15 is 0 Å². The first-order chi connectivity index (χ1) is 8.65. The van der Waals surface area contributed by atoms with E-state index in [1.54, 1.807) is 0 Å². The number of fused-ring (bicyclic) bond motifs is 1. The van der Waals surface area contributed by atoms with Crippen LogP contribution in [0.4, 0.5) is 0 Å². The molecule has 0 spiro atoms. The Balaban J connectivity index is 2.01. The molecule has 0 aliphatic carbocycles. The van der Waals surface area contributed by atoms with Crippen molar-refractivity contribution in [1.29, 1.82) is 0 Å². The number of imidazole rings is 1. The van der Waals surface area contributed by atoms with E-state index in [0.717, 1.165) is 40.4 Å². The lowest BCUT2D eigenvalue weighted by Gasteiger charge is -2.15. The topological polar surface area (TPSA) is 29.9 Å². The standard InChI is InChI=1S/C13H15ClN2OS/c1-8-9(4-5-17-8)7-16-12-3-2-10(14)6-11(12)15-13(16)18/h2-3,6,8-9H,4-5,7H2,1H3,(H,15,18). The van der Waals surface area contributed by atoms with Gasteiger partial charge in [0.15, 0.2) is 4.77 Å². The summed E-state index contributed by atoms with van der Waals surface area (Å²) >= 11 is 11.4. The average Bonchev–Trinajstić information content (AvgIpc) is 2.85. The lowest BCUT2D eigenvalue weighted by molar-refractivity contribution is 0.102. The molecule has 3 nitrogen and oxygen atoms in total. The van der Waals surface area contributed by atoms with Crippen LogP contribution in [0.3, 0.4) is 0 Å². The molecule has 2 unspecified atom stereocenters. The minimum absolute atomic E-state index is 0.309. The van der Waals surface area contributed by atoms with Gasteiger partial charge in [0.2, 0.25) is 0 Å². The predicted octanol–water partition coefficient (Wildman–Crippen LogP) is 3.78. The molecule has 0 amide bonds. The van der Waals surface area contributed by atoms with Gasteiger partial charge in [-0.1, -0.05) is 11.6 Å². The molecule has 2 atom stereocenters. The highest BCUT2D eigenvalue weighted by atomic mass is 35.5. The summed E-state index contributed by atoms with van der Waals surface area (Å²) in [4.78, 5) is 3.21. The normalized spacial score (nSPS) is 23.9. The van der Waals surface area contributed by atoms with Gasteiger partial charge < -0.3 is 14.3 Å². The zero-order chi connectivity index (χ0) is 12.7. The first-order valence-electron chi connectivity index (χ1n) is 6.15. The Bertz CT molecular complexity index is 633. The fraction of sp³-hybridized carbons (Fsp3) is 0.462. The number of hydrogen-bond acceptors (Lipinski definition) is 2. The van der Waals surface area contributed by atoms with Gasteiger partial charge in [-0.3, -0.25) is 0 Å². The van der Waals surface area contributed by atoms with Crippen LogP contribution in [-0.2, 0) is 11.3 Å². The monoisotopic (exact) mass is 282 g/mol. The lowest BCUT2D eigenvalue weighted by atomic mass is 10.0. The van der Waals surface area contributed by atoms with Crippen LogP contribution in [-0.4, -0.2) is 22.3 Å². The van der Waals surface area contributed by atoms with Crippen molar-refractivity contribution in [3.63, 3.8) is 0 Å². The van der Waals surface area contributed by atoms with Gasteiger partial charge in [-0.25, -0.2) is 0 Å². The highest BCUT2D eigenvalue weighted by Gasteiger charge is 2.25. The third kappa shape index (κ3) is 2.09. The van der Waals surface area contributed by atoms with Crippen molar-refractivity contribution in [3.05, 3.63) is 28.0 Å². The van der Waals surface area contributed by atoms with E-state index in [0.29, 0.717) is 12.0 Å². The minimum Gasteiger partial charge on any atom is -0.378 e. The Hall–Kier alpha value is -0.840. The Morgan fingerprint density at radius 2 is 2.39 bits per heavy atom. The van der Waals surface area contributed by atoms with Crippen LogP contribution in [0, 0.1) is 10.7 Å². The molecule has 1 aromatic heterocycles. The Morgan fingerprint density at radius 3 is 3.11 bits per heavy atom. The molecule has 2 aromatic rings. The number of halogens is 1. The Labute approximate surface area is 116 Å². The SMILES string of the molecule is CC1OCCC1Cn1c(=S)[nH]c2cc(Cl)ccc21. The highest BCUT2D eigenvalue weighted by molar-refractivity contribution is 7.71. The van der Waals surface area contributed by atoms with Gasteiger partial charge in [0.1, 0.15) is 0 Å². The fourth-order valence-corrected chi connectivity index (χ4v) is 3.02. The quantitative estimate of drug-likeness (QED) is 0.850. The van der Waals surface area contributed by atoms with E-state index < -0.39 is 0 Å². The van der Waals surface area contributed by atoms with E-state index in [1.165, 1.54) is 0 Å². The van der Waals surface area contributed by atoms with Crippen molar-refractivity contribution in [2.75, 3.05) is 6.61 Å². The van der Waals surface area contributed by atoms with Gasteiger partial charge in [-0.05, 0) is 43.8 Å². The molecule has 2 heterocycles. The molecule has 18 heavy (non-hydrogen) atoms. The van der Waals surface area contributed by atoms with Gasteiger partial charge in [0.05, 0.1) is 17.1 Å². The summed E-state index contributed by atoms with van der Waals surface area (Å²) in [5.41, 5.74) is 2.11. The van der Waals surface area contributed by atoms with E-state index in [2.05, 4.69) is 16.5 Å². The van der Waals surface area contributed by atoms with Gasteiger partial charge in [0, 0.05) is 24.1 Å². The second-order valence-corrected chi connectivity index (χ2v) is 5.65. The van der Waals surface area contributed by atoms with Gasteiger partial charge in [-0.15, -0.1) is 0 Å². The maximum absolute atomic E-state index is 5.99. The summed E-state index contributed by atoms with van der Waals surface area (Å²) in [5.74, 6) is 0.534. The number of ether oxygens (including phenoxy) is 1. The summed E-state index contributed by atoms with van der Waals surface area (Å²) in [6, 6.07) is 5.83. The van der Waals surface area contributed by atoms with Crippen molar-refractivity contribution in [3.8, 4) is 0 Å². The number of H-pyrrole nitrogens is 1. The summed E-state index contributed by atoms with van der Waals surface area (Å²) in [6.07, 6.45) is 1.41. The molecule has 1 saturated heterocycles. The van der Waals surface area contributed by atoms with Gasteiger partial charge >= 0.3 is 0 Å². The molecule has 0 saturated carbocycles. The predicted molar refractivity (Wildman–Crippen MR) is 75.7 cm³/mol. The summed E-state index contributed by atoms with van der Waals surface area (Å²) in [6.45, 7) is 3.89. The smallest absolute Gasteiger partial charge is 0.178 e. The lowest BCUT2D eigenvalue weighted by Crippen LogP contribution is -2.17. The molecule has 5 heteroatoms. The van der Waals surface area contributed by atoms with E-state index in [1.807, 2.05) is 18.2 Å². The van der Waals surface area contributed by atoms with Crippen molar-refractivity contribution in [1.82, 2.24) is 9.55 Å². The number of nitrogens with zero attached hydrogens (tertiary/aromatic N) is 1. The summed E-state index contributed by atoms with van der Waals surface area (Å²) in [7, 11) is 0. The third-order valence-corrected chi connectivity index (χ3v) is 4.24. The second-order valence-electron chi connectivity index (χ2n) is 4.83. The van der Waals surface area contributed by atoms with Crippen molar-refractivity contribution in [2.24, 2.45) is 5.92 Å². The molecule has 3 rings (SSSR count). The van der Waals surface area contributed by atoms with Gasteiger partial charge in [0.25, 0.3) is 0 Å². The van der Waals surface area contributed by atoms with E-state index in [9.17, 15) is 0 Å². The molecule has 1 aliphatic heterocycles. The van der Waals surface area contributed by atoms with Crippen LogP contribution in [0.2, 0.25) is 5.02 Å². The Kier molecular flexibility index (Phi) is 3.18. The molecule has 96 valence electrons. The van der Waals surface area contributed by atoms with Crippen LogP contribution < -0.4 is 0 Å². The number of hydrogen-bond donors (Lipinski definition) is 1. The summed E-state index contributed by atoms with van der Waals surface area (Å²) in [5, 5.41) is 0.725. The number of aromatic amines is 1. The van der Waals surface area contributed by atoms with Crippen molar-refractivity contribution < 1.29 is 4.74 Å². The molecule has 0 bridgehead atoms. The number of aromatic nitrogens is 2. The van der Waals surface area contributed by atoms with Crippen LogP contribution >= 0.6 is 23.8 Å². The fourth-order valence-electron chi connectivity index (χ4n) is 2.57. The van der Waals surface area contributed by atoms with Crippen LogP contribution in [0.15, 0.2) is 18.2 Å². The maximum Gasteiger partial charge on any atom is 0.178 e. The van der Waals surface area contributed by atoms with Crippen LogP contribution in [0.5, 0.6) is 0 Å². The third-order valence-electron chi connectivity index (χ3n) is 3.69. The highest BCUT2D eigenvalue weighted by Crippen LogP contribution is 2.25. The minimum atomic E-state index is 0.309. The molecule has 1 N–H and O–H groups in total. The summed E-state index contributed by atoms with van der Waals surface area (Å²) < 4.78 is 8.51. The zero-order valence-electron chi connectivity index (χ0n) is 10.1. The molecule has 1 aliphatic rings. The zero-order valence-corrected chi connectivity index (χ0v) is 11.7. The Morgan fingerprint density at radius 1 is 1.56 bits per heavy atom. The van der Waals surface area contributed by atoms with E-state index in [-0.39, 0.29) is 0 Å². The average molecular weight is 283 g/mol. The molecule has 0 radical (unpaired) electrons. The number of rotatable bonds is 2. The maximum atomic E-state index is 5.99. The van der Waals surface area contributed by atoms with Crippen molar-refractivity contribution in [2.45, 2.75) is 26.0 Å². The molecule has 1 aromatic carbocycles.